The minimum Gasteiger partial charge on any atom is -0.508 e. The molecule has 4 nitrogen and oxygen atoms in total. The molecule has 0 aromatic heterocycles. The normalized spacial score (nSPS) is 17.1. The van der Waals surface area contributed by atoms with Crippen molar-refractivity contribution in [3.05, 3.63) is 29.3 Å². The van der Waals surface area contributed by atoms with E-state index in [9.17, 15) is 13.5 Å². The molecule has 0 saturated carbocycles. The molecule has 88 valence electrons. The number of fused-ring (bicyclic) bond motifs is 1. The summed E-state index contributed by atoms with van der Waals surface area (Å²) in [5.74, 6) is 0.178. The zero-order valence-corrected chi connectivity index (χ0v) is 11.0. The van der Waals surface area contributed by atoms with Crippen molar-refractivity contribution in [2.24, 2.45) is 0 Å². The summed E-state index contributed by atoms with van der Waals surface area (Å²) in [5.41, 5.74) is 1.99. The Morgan fingerprint density at radius 3 is 2.81 bits per heavy atom. The van der Waals surface area contributed by atoms with Gasteiger partial charge in [0.2, 0.25) is 10.0 Å². The molecule has 0 amide bonds. The fourth-order valence-electron chi connectivity index (χ4n) is 1.82. The third-order valence-corrected chi connectivity index (χ3v) is 5.81. The maximum atomic E-state index is 11.7. The highest BCUT2D eigenvalue weighted by atomic mass is 79.9. The second kappa shape index (κ2) is 4.35. The molecule has 0 radical (unpaired) electrons. The van der Waals surface area contributed by atoms with Crippen LogP contribution >= 0.6 is 15.9 Å². The molecule has 0 atom stereocenters. The molecule has 0 saturated heterocycles. The fraction of sp³-hybridized carbons (Fsp3) is 0.400. The van der Waals surface area contributed by atoms with Crippen molar-refractivity contribution in [2.45, 2.75) is 13.0 Å². The molecule has 6 heteroatoms. The number of hydrogen-bond acceptors (Lipinski definition) is 3. The van der Waals surface area contributed by atoms with Crippen LogP contribution in [0.25, 0.3) is 0 Å². The maximum absolute atomic E-state index is 11.7. The van der Waals surface area contributed by atoms with Gasteiger partial charge in [-0.15, -0.1) is 0 Å². The molecule has 0 aliphatic carbocycles. The van der Waals surface area contributed by atoms with E-state index in [1.54, 1.807) is 12.1 Å². The van der Waals surface area contributed by atoms with E-state index in [2.05, 4.69) is 15.9 Å². The molecule has 1 aromatic carbocycles. The summed E-state index contributed by atoms with van der Waals surface area (Å²) >= 11 is 2.98. The van der Waals surface area contributed by atoms with E-state index in [4.69, 9.17) is 0 Å². The zero-order chi connectivity index (χ0) is 11.8. The highest BCUT2D eigenvalue weighted by Gasteiger charge is 2.25. The predicted octanol–water partition coefficient (Wildman–Crippen LogP) is 1.43. The van der Waals surface area contributed by atoms with Gasteiger partial charge in [-0.25, -0.2) is 8.42 Å². The predicted molar refractivity (Wildman–Crippen MR) is 64.9 cm³/mol. The van der Waals surface area contributed by atoms with Gasteiger partial charge in [0.1, 0.15) is 10.4 Å². The fourth-order valence-corrected chi connectivity index (χ4v) is 3.54. The van der Waals surface area contributed by atoms with E-state index in [1.165, 1.54) is 4.31 Å². The molecule has 16 heavy (non-hydrogen) atoms. The molecule has 0 bridgehead atoms. The van der Waals surface area contributed by atoms with Gasteiger partial charge >= 0.3 is 0 Å². The summed E-state index contributed by atoms with van der Waals surface area (Å²) < 4.78 is 24.7. The quantitative estimate of drug-likeness (QED) is 0.841. The molecule has 0 fully saturated rings. The van der Waals surface area contributed by atoms with E-state index in [-0.39, 0.29) is 10.4 Å². The monoisotopic (exact) mass is 305 g/mol. The van der Waals surface area contributed by atoms with Gasteiger partial charge in [0.25, 0.3) is 0 Å². The van der Waals surface area contributed by atoms with Gasteiger partial charge < -0.3 is 5.11 Å². The van der Waals surface area contributed by atoms with Gasteiger partial charge in [0.15, 0.2) is 0 Å². The van der Waals surface area contributed by atoms with Gasteiger partial charge in [0.05, 0.1) is 0 Å². The Balaban J connectivity index is 2.30. The first-order valence-corrected chi connectivity index (χ1v) is 7.60. The molecular formula is C10H12BrNO3S. The van der Waals surface area contributed by atoms with Gasteiger partial charge in [-0.1, -0.05) is 22.0 Å². The van der Waals surface area contributed by atoms with E-state index < -0.39 is 10.0 Å². The first kappa shape index (κ1) is 11.9. The van der Waals surface area contributed by atoms with Crippen molar-refractivity contribution >= 4 is 26.0 Å². The van der Waals surface area contributed by atoms with Gasteiger partial charge in [0, 0.05) is 13.1 Å². The number of phenolic OH excluding ortho intramolecular Hbond substituents is 1. The highest BCUT2D eigenvalue weighted by molar-refractivity contribution is 9.10. The summed E-state index contributed by atoms with van der Waals surface area (Å²) in [6.45, 7) is 0.851. The van der Waals surface area contributed by atoms with Crippen LogP contribution in [-0.4, -0.2) is 29.0 Å². The second-order valence-electron chi connectivity index (χ2n) is 3.76. The average molecular weight is 306 g/mol. The van der Waals surface area contributed by atoms with Crippen LogP contribution in [0.1, 0.15) is 11.1 Å². The van der Waals surface area contributed by atoms with E-state index in [0.29, 0.717) is 19.5 Å². The van der Waals surface area contributed by atoms with Gasteiger partial charge in [-0.2, -0.15) is 4.31 Å². The van der Waals surface area contributed by atoms with Crippen molar-refractivity contribution in [3.8, 4) is 5.75 Å². The van der Waals surface area contributed by atoms with Crippen LogP contribution in [0.2, 0.25) is 0 Å². The van der Waals surface area contributed by atoms with Crippen molar-refractivity contribution in [1.29, 1.82) is 0 Å². The van der Waals surface area contributed by atoms with Crippen LogP contribution in [0.4, 0.5) is 0 Å². The van der Waals surface area contributed by atoms with Crippen LogP contribution in [-0.2, 0) is 23.0 Å². The zero-order valence-electron chi connectivity index (χ0n) is 8.56. The molecule has 1 aromatic rings. The third-order valence-electron chi connectivity index (χ3n) is 2.70. The molecule has 1 heterocycles. The number of rotatable bonds is 2. The number of benzene rings is 1. The molecular weight excluding hydrogens is 294 g/mol. The summed E-state index contributed by atoms with van der Waals surface area (Å²) in [5, 5.41) is 9.36. The number of sulfonamides is 1. The Morgan fingerprint density at radius 2 is 2.12 bits per heavy atom. The van der Waals surface area contributed by atoms with E-state index in [0.717, 1.165) is 11.1 Å². The Morgan fingerprint density at radius 1 is 1.38 bits per heavy atom. The summed E-state index contributed by atoms with van der Waals surface area (Å²) in [6.07, 6.45) is 0.696. The molecule has 0 unspecified atom stereocenters. The van der Waals surface area contributed by atoms with Gasteiger partial charge in [-0.3, -0.25) is 0 Å². The van der Waals surface area contributed by atoms with E-state index >= 15 is 0 Å². The number of nitrogens with zero attached hydrogens (tertiary/aromatic N) is 1. The van der Waals surface area contributed by atoms with Crippen molar-refractivity contribution in [2.75, 3.05) is 11.2 Å². The molecule has 2 rings (SSSR count). The minimum absolute atomic E-state index is 0.0614. The first-order valence-electron chi connectivity index (χ1n) is 4.87. The lowest BCUT2D eigenvalue weighted by molar-refractivity contribution is 0.392. The number of aromatic hydroxyl groups is 1. The van der Waals surface area contributed by atoms with E-state index in [1.807, 2.05) is 6.07 Å². The molecule has 1 aliphatic heterocycles. The Hall–Kier alpha value is -0.590. The van der Waals surface area contributed by atoms with Crippen molar-refractivity contribution < 1.29 is 13.5 Å². The van der Waals surface area contributed by atoms with Crippen LogP contribution in [0.5, 0.6) is 5.75 Å². The maximum Gasteiger partial charge on any atom is 0.224 e. The Kier molecular flexibility index (Phi) is 3.23. The number of alkyl halides is 1. The lowest BCUT2D eigenvalue weighted by Gasteiger charge is -2.27. The topological polar surface area (TPSA) is 57.6 Å². The standard InChI is InChI=1S/C10H12BrNO3S/c11-7-16(14,15)12-4-3-8-1-2-10(13)5-9(8)6-12/h1-2,5,13H,3-4,6-7H2. The Bertz CT molecular complexity index is 501. The number of halogens is 1. The summed E-state index contributed by atoms with van der Waals surface area (Å²) in [4.78, 5) is 0. The average Bonchev–Trinajstić information content (AvgIpc) is 2.28. The smallest absolute Gasteiger partial charge is 0.224 e. The number of hydrogen-bond donors (Lipinski definition) is 1. The number of phenols is 1. The molecule has 1 aliphatic rings. The van der Waals surface area contributed by atoms with Crippen LogP contribution in [0.3, 0.4) is 0 Å². The first-order chi connectivity index (χ1) is 7.53. The SMILES string of the molecule is O=S(=O)(CBr)N1CCc2ccc(O)cc2C1. The van der Waals surface area contributed by atoms with Crippen LogP contribution < -0.4 is 0 Å². The third kappa shape index (κ3) is 2.23. The van der Waals surface area contributed by atoms with Gasteiger partial charge in [-0.05, 0) is 29.7 Å². The largest absolute Gasteiger partial charge is 0.508 e. The lowest BCUT2D eigenvalue weighted by Crippen LogP contribution is -2.36. The molecule has 1 N–H and O–H groups in total. The van der Waals surface area contributed by atoms with Crippen LogP contribution in [0, 0.1) is 0 Å². The highest BCUT2D eigenvalue weighted by Crippen LogP contribution is 2.25. The lowest BCUT2D eigenvalue weighted by atomic mass is 10.0. The Labute approximate surface area is 103 Å². The summed E-state index contributed by atoms with van der Waals surface area (Å²) in [7, 11) is -3.21. The van der Waals surface area contributed by atoms with Crippen molar-refractivity contribution in [3.63, 3.8) is 0 Å². The molecule has 0 spiro atoms. The minimum atomic E-state index is -3.21. The van der Waals surface area contributed by atoms with Crippen molar-refractivity contribution in [1.82, 2.24) is 4.31 Å². The van der Waals surface area contributed by atoms with Crippen LogP contribution in [0.15, 0.2) is 18.2 Å². The second-order valence-corrected chi connectivity index (χ2v) is 7.03. The summed E-state index contributed by atoms with van der Waals surface area (Å²) in [6, 6.07) is 5.11.